The third-order valence-electron chi connectivity index (χ3n) is 6.64. The normalized spacial score (nSPS) is 15.6. The first-order chi connectivity index (χ1) is 16.2. The highest BCUT2D eigenvalue weighted by Crippen LogP contribution is 2.27. The fraction of sp³-hybridized carbons (Fsp3) is 0.464. The van der Waals surface area contributed by atoms with Crippen LogP contribution in [-0.2, 0) is 16.8 Å². The number of piperidine rings is 1. The summed E-state index contributed by atoms with van der Waals surface area (Å²) in [6.07, 6.45) is 1.65. The van der Waals surface area contributed by atoms with Crippen molar-refractivity contribution in [2.45, 2.75) is 65.3 Å². The summed E-state index contributed by atoms with van der Waals surface area (Å²) in [5, 5.41) is 7.34. The van der Waals surface area contributed by atoms with Gasteiger partial charge < -0.3 is 9.84 Å². The SMILES string of the molecule is CC(C)c1ccccc1NC(=O)C1CCN(Cc2nc(-c3ccc(C(C)(C)C)cc3)no2)CC1. The van der Waals surface area contributed by atoms with Crippen LogP contribution in [-0.4, -0.2) is 34.0 Å². The van der Waals surface area contributed by atoms with E-state index in [4.69, 9.17) is 4.52 Å². The predicted octanol–water partition coefficient (Wildman–Crippen LogP) is 6.01. The molecule has 0 atom stereocenters. The Bertz CT molecular complexity index is 1100. The first-order valence-corrected chi connectivity index (χ1v) is 12.3. The zero-order chi connectivity index (χ0) is 24.3. The van der Waals surface area contributed by atoms with Crippen LogP contribution in [0, 0.1) is 5.92 Å². The molecule has 1 aliphatic heterocycles. The summed E-state index contributed by atoms with van der Waals surface area (Å²) in [6.45, 7) is 13.2. The minimum absolute atomic E-state index is 0.0241. The van der Waals surface area contributed by atoms with Crippen LogP contribution in [0.5, 0.6) is 0 Å². The van der Waals surface area contributed by atoms with Crippen molar-refractivity contribution in [2.24, 2.45) is 5.92 Å². The number of hydrogen-bond donors (Lipinski definition) is 1. The molecule has 1 fully saturated rings. The summed E-state index contributed by atoms with van der Waals surface area (Å²) >= 11 is 0. The van der Waals surface area contributed by atoms with E-state index in [1.165, 1.54) is 11.1 Å². The van der Waals surface area contributed by atoms with E-state index in [9.17, 15) is 4.79 Å². The second-order valence-corrected chi connectivity index (χ2v) is 10.6. The van der Waals surface area contributed by atoms with Gasteiger partial charge in [-0.25, -0.2) is 0 Å². The van der Waals surface area contributed by atoms with E-state index in [0.717, 1.165) is 37.2 Å². The molecule has 1 aromatic heterocycles. The lowest BCUT2D eigenvalue weighted by atomic mass is 9.87. The number of hydrogen-bond acceptors (Lipinski definition) is 5. The van der Waals surface area contributed by atoms with Crippen molar-refractivity contribution in [3.05, 3.63) is 65.5 Å². The molecule has 4 rings (SSSR count). The fourth-order valence-corrected chi connectivity index (χ4v) is 4.45. The summed E-state index contributed by atoms with van der Waals surface area (Å²) in [5.74, 6) is 1.74. The number of anilines is 1. The molecule has 0 aliphatic carbocycles. The maximum Gasteiger partial charge on any atom is 0.241 e. The van der Waals surface area contributed by atoms with E-state index in [-0.39, 0.29) is 17.2 Å². The van der Waals surface area contributed by atoms with Crippen LogP contribution >= 0.6 is 0 Å². The minimum atomic E-state index is 0.0241. The van der Waals surface area contributed by atoms with Gasteiger partial charge in [-0.2, -0.15) is 4.98 Å². The number of para-hydroxylation sites is 1. The molecule has 34 heavy (non-hydrogen) atoms. The van der Waals surface area contributed by atoms with Crippen molar-refractivity contribution in [3.63, 3.8) is 0 Å². The summed E-state index contributed by atoms with van der Waals surface area (Å²) in [6, 6.07) is 16.4. The third-order valence-corrected chi connectivity index (χ3v) is 6.64. The molecule has 6 heteroatoms. The van der Waals surface area contributed by atoms with E-state index in [0.29, 0.717) is 24.2 Å². The summed E-state index contributed by atoms with van der Waals surface area (Å²) in [7, 11) is 0. The maximum absolute atomic E-state index is 12.9. The average molecular weight is 461 g/mol. The molecular formula is C28H36N4O2. The van der Waals surface area contributed by atoms with E-state index in [1.807, 2.05) is 18.2 Å². The summed E-state index contributed by atoms with van der Waals surface area (Å²) in [4.78, 5) is 19.8. The topological polar surface area (TPSA) is 71.3 Å². The van der Waals surface area contributed by atoms with Crippen LogP contribution in [0.25, 0.3) is 11.4 Å². The molecule has 0 radical (unpaired) electrons. The molecule has 1 saturated heterocycles. The molecule has 2 heterocycles. The van der Waals surface area contributed by atoms with Crippen molar-refractivity contribution in [2.75, 3.05) is 18.4 Å². The van der Waals surface area contributed by atoms with Gasteiger partial charge in [0, 0.05) is 17.2 Å². The van der Waals surface area contributed by atoms with Crippen LogP contribution in [0.3, 0.4) is 0 Å². The molecule has 1 aliphatic rings. The zero-order valence-corrected chi connectivity index (χ0v) is 21.0. The van der Waals surface area contributed by atoms with Crippen LogP contribution < -0.4 is 5.32 Å². The Hall–Kier alpha value is -2.99. The number of nitrogens with zero attached hydrogens (tertiary/aromatic N) is 3. The van der Waals surface area contributed by atoms with Crippen molar-refractivity contribution in [1.29, 1.82) is 0 Å². The van der Waals surface area contributed by atoms with Gasteiger partial charge in [0.1, 0.15) is 0 Å². The average Bonchev–Trinajstić information content (AvgIpc) is 3.28. The Kier molecular flexibility index (Phi) is 7.17. The molecule has 180 valence electrons. The maximum atomic E-state index is 12.9. The van der Waals surface area contributed by atoms with Gasteiger partial charge in [-0.1, -0.05) is 82.2 Å². The minimum Gasteiger partial charge on any atom is -0.338 e. The number of carbonyl (C=O) groups is 1. The molecule has 0 saturated carbocycles. The van der Waals surface area contributed by atoms with E-state index in [1.54, 1.807) is 0 Å². The van der Waals surface area contributed by atoms with Crippen molar-refractivity contribution in [3.8, 4) is 11.4 Å². The second-order valence-electron chi connectivity index (χ2n) is 10.6. The standard InChI is InChI=1S/C28H36N4O2/c1-19(2)23-8-6-7-9-24(23)29-27(33)21-14-16-32(17-15-21)18-25-30-26(31-34-25)20-10-12-22(13-11-20)28(3,4)5/h6-13,19,21H,14-18H2,1-5H3,(H,29,33). The van der Waals surface area contributed by atoms with E-state index in [2.05, 4.69) is 85.3 Å². The highest BCUT2D eigenvalue weighted by molar-refractivity contribution is 5.93. The molecule has 2 aromatic carbocycles. The Morgan fingerprint density at radius 1 is 1.09 bits per heavy atom. The van der Waals surface area contributed by atoms with E-state index >= 15 is 0 Å². The molecule has 1 N–H and O–H groups in total. The van der Waals surface area contributed by atoms with Gasteiger partial charge >= 0.3 is 0 Å². The number of nitrogens with one attached hydrogen (secondary N) is 1. The zero-order valence-electron chi connectivity index (χ0n) is 21.0. The third kappa shape index (κ3) is 5.73. The number of likely N-dealkylation sites (tertiary alicyclic amines) is 1. The van der Waals surface area contributed by atoms with Crippen LogP contribution in [0.4, 0.5) is 5.69 Å². The van der Waals surface area contributed by atoms with Gasteiger partial charge in [-0.3, -0.25) is 9.69 Å². The summed E-state index contributed by atoms with van der Waals surface area (Å²) < 4.78 is 5.53. The first kappa shape index (κ1) is 24.1. The number of benzene rings is 2. The quantitative estimate of drug-likeness (QED) is 0.488. The fourth-order valence-electron chi connectivity index (χ4n) is 4.45. The van der Waals surface area contributed by atoms with Crippen molar-refractivity contribution >= 4 is 11.6 Å². The van der Waals surface area contributed by atoms with Crippen molar-refractivity contribution in [1.82, 2.24) is 15.0 Å². The number of amides is 1. The van der Waals surface area contributed by atoms with Gasteiger partial charge in [0.25, 0.3) is 0 Å². The molecule has 1 amide bonds. The summed E-state index contributed by atoms with van der Waals surface area (Å²) in [5.41, 5.74) is 4.45. The Labute approximate surface area is 202 Å². The number of aromatic nitrogens is 2. The Balaban J connectivity index is 1.30. The number of rotatable bonds is 6. The molecule has 6 nitrogen and oxygen atoms in total. The van der Waals surface area contributed by atoms with Gasteiger partial charge in [-0.15, -0.1) is 0 Å². The largest absolute Gasteiger partial charge is 0.338 e. The lowest BCUT2D eigenvalue weighted by molar-refractivity contribution is -0.121. The Morgan fingerprint density at radius 3 is 2.41 bits per heavy atom. The molecule has 0 bridgehead atoms. The molecule has 3 aromatic rings. The Morgan fingerprint density at radius 2 is 1.76 bits per heavy atom. The van der Waals surface area contributed by atoms with Gasteiger partial charge in [0.05, 0.1) is 6.54 Å². The van der Waals surface area contributed by atoms with Crippen molar-refractivity contribution < 1.29 is 9.32 Å². The number of carbonyl (C=O) groups excluding carboxylic acids is 1. The van der Waals surface area contributed by atoms with Gasteiger partial charge in [0.2, 0.25) is 17.6 Å². The van der Waals surface area contributed by atoms with Crippen LogP contribution in [0.15, 0.2) is 53.1 Å². The highest BCUT2D eigenvalue weighted by Gasteiger charge is 2.26. The van der Waals surface area contributed by atoms with Crippen LogP contribution in [0.2, 0.25) is 0 Å². The molecular weight excluding hydrogens is 424 g/mol. The monoisotopic (exact) mass is 460 g/mol. The first-order valence-electron chi connectivity index (χ1n) is 12.3. The predicted molar refractivity (Wildman–Crippen MR) is 136 cm³/mol. The molecule has 0 unspecified atom stereocenters. The lowest BCUT2D eigenvalue weighted by Crippen LogP contribution is -2.38. The molecule has 0 spiro atoms. The van der Waals surface area contributed by atoms with E-state index < -0.39 is 0 Å². The lowest BCUT2D eigenvalue weighted by Gasteiger charge is -2.30. The van der Waals surface area contributed by atoms with Gasteiger partial charge in [-0.05, 0) is 54.5 Å². The smallest absolute Gasteiger partial charge is 0.241 e. The van der Waals surface area contributed by atoms with Gasteiger partial charge in [0.15, 0.2) is 0 Å². The second kappa shape index (κ2) is 10.1. The van der Waals surface area contributed by atoms with Crippen LogP contribution in [0.1, 0.15) is 70.4 Å². The highest BCUT2D eigenvalue weighted by atomic mass is 16.5.